The van der Waals surface area contributed by atoms with Gasteiger partial charge >= 0.3 is 0 Å². The SMILES string of the molecule is CCNC(=NCCc1ccc(OC)cc1Cl)NCCNC(=O)C(C)(C)C. The van der Waals surface area contributed by atoms with Crippen LogP contribution in [0.5, 0.6) is 5.75 Å². The van der Waals surface area contributed by atoms with Gasteiger partial charge in [-0.1, -0.05) is 38.4 Å². The number of halogens is 1. The number of nitrogens with zero attached hydrogens (tertiary/aromatic N) is 1. The fourth-order valence-corrected chi connectivity index (χ4v) is 2.37. The van der Waals surface area contributed by atoms with Crippen LogP contribution in [0.3, 0.4) is 0 Å². The van der Waals surface area contributed by atoms with Crippen LogP contribution in [0.1, 0.15) is 33.3 Å². The number of carbonyl (C=O) groups is 1. The fraction of sp³-hybridized carbons (Fsp3) is 0.579. The molecule has 0 radical (unpaired) electrons. The van der Waals surface area contributed by atoms with Gasteiger partial charge in [-0.2, -0.15) is 0 Å². The van der Waals surface area contributed by atoms with E-state index in [9.17, 15) is 4.79 Å². The molecule has 1 aromatic carbocycles. The number of ether oxygens (including phenoxy) is 1. The highest BCUT2D eigenvalue weighted by Gasteiger charge is 2.20. The second-order valence-corrected chi connectivity index (χ2v) is 7.31. The fourth-order valence-electron chi connectivity index (χ4n) is 2.11. The van der Waals surface area contributed by atoms with Crippen molar-refractivity contribution in [3.05, 3.63) is 28.8 Å². The van der Waals surface area contributed by atoms with Crippen LogP contribution in [0.15, 0.2) is 23.2 Å². The van der Waals surface area contributed by atoms with Crippen LogP contribution in [0.2, 0.25) is 5.02 Å². The van der Waals surface area contributed by atoms with Gasteiger partial charge in [-0.05, 0) is 31.0 Å². The maximum atomic E-state index is 11.8. The monoisotopic (exact) mass is 382 g/mol. The molecule has 0 aromatic heterocycles. The summed E-state index contributed by atoms with van der Waals surface area (Å²) in [5, 5.41) is 10.0. The van der Waals surface area contributed by atoms with Crippen molar-refractivity contribution in [3.8, 4) is 5.75 Å². The molecule has 0 atom stereocenters. The third-order valence-corrected chi connectivity index (χ3v) is 3.99. The van der Waals surface area contributed by atoms with Gasteiger partial charge in [0, 0.05) is 36.6 Å². The summed E-state index contributed by atoms with van der Waals surface area (Å²) in [6, 6.07) is 5.66. The van der Waals surface area contributed by atoms with Gasteiger partial charge in [0.1, 0.15) is 5.75 Å². The molecule has 0 aliphatic heterocycles. The Kier molecular flexibility index (Phi) is 9.27. The Morgan fingerprint density at radius 3 is 2.46 bits per heavy atom. The van der Waals surface area contributed by atoms with Gasteiger partial charge in [0.15, 0.2) is 5.96 Å². The highest BCUT2D eigenvalue weighted by Crippen LogP contribution is 2.22. The minimum atomic E-state index is -0.379. The van der Waals surface area contributed by atoms with E-state index in [0.717, 1.165) is 30.2 Å². The lowest BCUT2D eigenvalue weighted by Crippen LogP contribution is -2.43. The van der Waals surface area contributed by atoms with Crippen molar-refractivity contribution in [2.75, 3.05) is 33.3 Å². The Labute approximate surface area is 161 Å². The Hall–Kier alpha value is -1.95. The predicted octanol–water partition coefficient (Wildman–Crippen LogP) is 2.61. The van der Waals surface area contributed by atoms with Crippen LogP contribution in [0, 0.1) is 5.41 Å². The standard InChI is InChI=1S/C19H31ClN4O2/c1-6-21-18(24-12-11-22-17(25)19(2,3)4)23-10-9-14-7-8-15(26-5)13-16(14)20/h7-8,13H,6,9-12H2,1-5H3,(H,22,25)(H2,21,23,24). The van der Waals surface area contributed by atoms with Gasteiger partial charge in [0.05, 0.1) is 7.11 Å². The zero-order valence-corrected chi connectivity index (χ0v) is 17.2. The van der Waals surface area contributed by atoms with Gasteiger partial charge in [0.25, 0.3) is 0 Å². The van der Waals surface area contributed by atoms with Crippen molar-refractivity contribution in [1.29, 1.82) is 0 Å². The van der Waals surface area contributed by atoms with Crippen LogP contribution in [-0.2, 0) is 11.2 Å². The van der Waals surface area contributed by atoms with Crippen LogP contribution < -0.4 is 20.7 Å². The summed E-state index contributed by atoms with van der Waals surface area (Å²) in [6.45, 7) is 10.2. The zero-order chi connectivity index (χ0) is 19.6. The molecule has 1 aromatic rings. The maximum absolute atomic E-state index is 11.8. The minimum Gasteiger partial charge on any atom is -0.497 e. The quantitative estimate of drug-likeness (QED) is 0.367. The Morgan fingerprint density at radius 1 is 1.19 bits per heavy atom. The Bertz CT molecular complexity index is 612. The molecular weight excluding hydrogens is 352 g/mol. The number of carbonyl (C=O) groups excluding carboxylic acids is 1. The van der Waals surface area contributed by atoms with Gasteiger partial charge in [-0.15, -0.1) is 0 Å². The molecule has 0 spiro atoms. The molecule has 7 heteroatoms. The van der Waals surface area contributed by atoms with Crippen LogP contribution in [0.4, 0.5) is 0 Å². The molecule has 3 N–H and O–H groups in total. The molecule has 0 aliphatic carbocycles. The number of hydrogen-bond donors (Lipinski definition) is 3. The van der Waals surface area contributed by atoms with Gasteiger partial charge in [0.2, 0.25) is 5.91 Å². The molecule has 0 fully saturated rings. The molecule has 26 heavy (non-hydrogen) atoms. The van der Waals surface area contributed by atoms with Gasteiger partial charge < -0.3 is 20.7 Å². The summed E-state index contributed by atoms with van der Waals surface area (Å²) in [6.07, 6.45) is 0.736. The van der Waals surface area contributed by atoms with Crippen molar-refractivity contribution in [3.63, 3.8) is 0 Å². The maximum Gasteiger partial charge on any atom is 0.225 e. The summed E-state index contributed by atoms with van der Waals surface area (Å²) in [4.78, 5) is 16.4. The summed E-state index contributed by atoms with van der Waals surface area (Å²) < 4.78 is 5.16. The van der Waals surface area contributed by atoms with E-state index < -0.39 is 0 Å². The largest absolute Gasteiger partial charge is 0.497 e. The van der Waals surface area contributed by atoms with E-state index in [4.69, 9.17) is 16.3 Å². The number of methoxy groups -OCH3 is 1. The number of amides is 1. The van der Waals surface area contributed by atoms with Crippen LogP contribution >= 0.6 is 11.6 Å². The number of rotatable bonds is 8. The van der Waals surface area contributed by atoms with Crippen molar-refractivity contribution >= 4 is 23.5 Å². The van der Waals surface area contributed by atoms with Crippen molar-refractivity contribution in [1.82, 2.24) is 16.0 Å². The number of aliphatic imine (C=N–C) groups is 1. The summed E-state index contributed by atoms with van der Waals surface area (Å²) in [5.41, 5.74) is 0.653. The third kappa shape index (κ3) is 7.95. The van der Waals surface area contributed by atoms with E-state index >= 15 is 0 Å². The van der Waals surface area contributed by atoms with Crippen LogP contribution in [-0.4, -0.2) is 45.2 Å². The lowest BCUT2D eigenvalue weighted by Gasteiger charge is -2.18. The lowest BCUT2D eigenvalue weighted by molar-refractivity contribution is -0.128. The number of hydrogen-bond acceptors (Lipinski definition) is 3. The molecule has 1 amide bonds. The van der Waals surface area contributed by atoms with Gasteiger partial charge in [-0.25, -0.2) is 0 Å². The molecule has 1 rings (SSSR count). The van der Waals surface area contributed by atoms with E-state index in [2.05, 4.69) is 20.9 Å². The summed E-state index contributed by atoms with van der Waals surface area (Å²) in [5.74, 6) is 1.51. The molecular formula is C19H31ClN4O2. The van der Waals surface area contributed by atoms with E-state index in [1.54, 1.807) is 7.11 Å². The van der Waals surface area contributed by atoms with E-state index in [1.807, 2.05) is 45.9 Å². The molecule has 0 saturated carbocycles. The Balaban J connectivity index is 2.47. The summed E-state index contributed by atoms with van der Waals surface area (Å²) in [7, 11) is 1.62. The first-order chi connectivity index (χ1) is 12.3. The smallest absolute Gasteiger partial charge is 0.225 e. The lowest BCUT2D eigenvalue weighted by atomic mass is 9.96. The van der Waals surface area contributed by atoms with Crippen molar-refractivity contribution in [2.45, 2.75) is 34.1 Å². The van der Waals surface area contributed by atoms with E-state index in [-0.39, 0.29) is 11.3 Å². The second kappa shape index (κ2) is 10.9. The number of benzene rings is 1. The third-order valence-electron chi connectivity index (χ3n) is 3.64. The molecule has 0 bridgehead atoms. The average molecular weight is 383 g/mol. The van der Waals surface area contributed by atoms with Crippen LogP contribution in [0.25, 0.3) is 0 Å². The molecule has 6 nitrogen and oxygen atoms in total. The molecule has 0 unspecified atom stereocenters. The molecule has 146 valence electrons. The Morgan fingerprint density at radius 2 is 1.88 bits per heavy atom. The van der Waals surface area contributed by atoms with E-state index in [0.29, 0.717) is 24.7 Å². The molecule has 0 heterocycles. The van der Waals surface area contributed by atoms with Gasteiger partial charge in [-0.3, -0.25) is 9.79 Å². The predicted molar refractivity (Wildman–Crippen MR) is 108 cm³/mol. The molecule has 0 saturated heterocycles. The topological polar surface area (TPSA) is 74.8 Å². The van der Waals surface area contributed by atoms with E-state index in [1.165, 1.54) is 0 Å². The first-order valence-corrected chi connectivity index (χ1v) is 9.28. The highest BCUT2D eigenvalue weighted by molar-refractivity contribution is 6.31. The number of guanidine groups is 1. The highest BCUT2D eigenvalue weighted by atomic mass is 35.5. The van der Waals surface area contributed by atoms with Crippen molar-refractivity contribution < 1.29 is 9.53 Å². The first-order valence-electron chi connectivity index (χ1n) is 8.90. The minimum absolute atomic E-state index is 0.0374. The molecule has 0 aliphatic rings. The normalized spacial score (nSPS) is 11.8. The average Bonchev–Trinajstić information content (AvgIpc) is 2.58. The summed E-state index contributed by atoms with van der Waals surface area (Å²) >= 11 is 6.25. The zero-order valence-electron chi connectivity index (χ0n) is 16.4. The second-order valence-electron chi connectivity index (χ2n) is 6.90. The first kappa shape index (κ1) is 22.1. The number of nitrogens with one attached hydrogen (secondary N) is 3. The van der Waals surface area contributed by atoms with Crippen molar-refractivity contribution in [2.24, 2.45) is 10.4 Å².